The van der Waals surface area contributed by atoms with Gasteiger partial charge in [0.25, 0.3) is 5.91 Å². The molecule has 0 bridgehead atoms. The molecule has 0 aliphatic carbocycles. The van der Waals surface area contributed by atoms with Gasteiger partial charge in [-0.1, -0.05) is 40.2 Å². The van der Waals surface area contributed by atoms with Gasteiger partial charge in [-0.2, -0.15) is 5.10 Å². The highest BCUT2D eigenvalue weighted by Gasteiger charge is 2.10. The largest absolute Gasteiger partial charge is 0.487 e. The van der Waals surface area contributed by atoms with E-state index in [1.807, 2.05) is 48.5 Å². The number of hydrazone groups is 1. The fourth-order valence-electron chi connectivity index (χ4n) is 2.40. The quantitative estimate of drug-likeness (QED) is 0.173. The summed E-state index contributed by atoms with van der Waals surface area (Å²) in [5.74, 6) is 0.566. The van der Waals surface area contributed by atoms with E-state index in [0.29, 0.717) is 12.2 Å². The van der Waals surface area contributed by atoms with E-state index >= 15 is 0 Å². The summed E-state index contributed by atoms with van der Waals surface area (Å²) in [6.07, 6.45) is 1.62. The van der Waals surface area contributed by atoms with Crippen molar-refractivity contribution < 1.29 is 9.53 Å². The first-order valence-electron chi connectivity index (χ1n) is 8.38. The maximum Gasteiger partial charge on any atom is 0.272 e. The SMILES string of the molecule is O=C(N/N=C/c1cc(I)c(OCc2ccc(Br)cc2)c(I)c1)c1ccccc1Br. The Morgan fingerprint density at radius 3 is 2.34 bits per heavy atom. The summed E-state index contributed by atoms with van der Waals surface area (Å²) < 4.78 is 9.73. The molecule has 0 saturated carbocycles. The molecule has 0 radical (unpaired) electrons. The molecule has 3 aromatic rings. The van der Waals surface area contributed by atoms with E-state index < -0.39 is 0 Å². The second kappa shape index (κ2) is 10.9. The molecule has 4 nitrogen and oxygen atoms in total. The van der Waals surface area contributed by atoms with Crippen LogP contribution in [-0.4, -0.2) is 12.1 Å². The highest BCUT2D eigenvalue weighted by molar-refractivity contribution is 14.1. The molecule has 1 N–H and O–H groups in total. The van der Waals surface area contributed by atoms with E-state index in [-0.39, 0.29) is 5.91 Å². The lowest BCUT2D eigenvalue weighted by molar-refractivity contribution is 0.0954. The maximum atomic E-state index is 12.2. The Labute approximate surface area is 213 Å². The molecular weight excluding hydrogens is 726 g/mol. The van der Waals surface area contributed by atoms with Crippen LogP contribution < -0.4 is 10.2 Å². The third kappa shape index (κ3) is 6.50. The minimum atomic E-state index is -0.271. The predicted molar refractivity (Wildman–Crippen MR) is 140 cm³/mol. The van der Waals surface area contributed by atoms with Crippen molar-refractivity contribution in [1.82, 2.24) is 5.43 Å². The summed E-state index contributed by atoms with van der Waals surface area (Å²) in [7, 11) is 0. The van der Waals surface area contributed by atoms with Gasteiger partial charge in [-0.3, -0.25) is 4.79 Å². The second-order valence-corrected chi connectivity index (χ2v) is 10.0. The Hall–Kier alpha value is -0.980. The molecule has 0 aliphatic heterocycles. The van der Waals surface area contributed by atoms with Crippen LogP contribution in [0.15, 0.2) is 74.7 Å². The van der Waals surface area contributed by atoms with Crippen molar-refractivity contribution in [2.45, 2.75) is 6.61 Å². The molecule has 3 aromatic carbocycles. The van der Waals surface area contributed by atoms with Gasteiger partial charge in [-0.25, -0.2) is 5.43 Å². The van der Waals surface area contributed by atoms with Gasteiger partial charge in [0.05, 0.1) is 18.9 Å². The third-order valence-corrected chi connectivity index (χ3v) is 6.64. The Kier molecular flexibility index (Phi) is 8.51. The van der Waals surface area contributed by atoms with E-state index in [0.717, 1.165) is 33.0 Å². The van der Waals surface area contributed by atoms with Crippen LogP contribution in [0.3, 0.4) is 0 Å². The van der Waals surface area contributed by atoms with E-state index in [1.165, 1.54) is 0 Å². The van der Waals surface area contributed by atoms with Crippen LogP contribution in [0.2, 0.25) is 0 Å². The lowest BCUT2D eigenvalue weighted by Crippen LogP contribution is -2.18. The summed E-state index contributed by atoms with van der Waals surface area (Å²) in [6, 6.07) is 19.2. The smallest absolute Gasteiger partial charge is 0.272 e. The molecule has 0 unspecified atom stereocenters. The predicted octanol–water partition coefficient (Wildman–Crippen LogP) is 6.76. The van der Waals surface area contributed by atoms with Crippen molar-refractivity contribution in [1.29, 1.82) is 0 Å². The number of amides is 1. The van der Waals surface area contributed by atoms with Gasteiger partial charge in [0.2, 0.25) is 0 Å². The lowest BCUT2D eigenvalue weighted by atomic mass is 10.2. The van der Waals surface area contributed by atoms with Gasteiger partial charge >= 0.3 is 0 Å². The zero-order valence-electron chi connectivity index (χ0n) is 14.8. The van der Waals surface area contributed by atoms with Crippen LogP contribution in [-0.2, 0) is 6.61 Å². The topological polar surface area (TPSA) is 50.7 Å². The average Bonchev–Trinajstić information content (AvgIpc) is 2.69. The molecule has 29 heavy (non-hydrogen) atoms. The van der Waals surface area contributed by atoms with E-state index in [4.69, 9.17) is 4.74 Å². The summed E-state index contributed by atoms with van der Waals surface area (Å²) in [4.78, 5) is 12.2. The Morgan fingerprint density at radius 1 is 1.03 bits per heavy atom. The standard InChI is InChI=1S/C21H14Br2I2N2O2/c22-15-7-5-13(6-8-15)12-29-20-18(24)9-14(10-19(20)25)11-26-27-21(28)16-3-1-2-4-17(16)23/h1-11H,12H2,(H,27,28)/b26-11+. The zero-order valence-corrected chi connectivity index (χ0v) is 22.3. The number of hydrogen-bond donors (Lipinski definition) is 1. The molecule has 0 heterocycles. The second-order valence-electron chi connectivity index (χ2n) is 5.91. The molecule has 0 atom stereocenters. The van der Waals surface area contributed by atoms with E-state index in [1.54, 1.807) is 18.3 Å². The molecule has 3 rings (SSSR count). The third-order valence-electron chi connectivity index (χ3n) is 3.82. The van der Waals surface area contributed by atoms with Crippen LogP contribution >= 0.6 is 77.0 Å². The maximum absolute atomic E-state index is 12.2. The van der Waals surface area contributed by atoms with Gasteiger partial charge in [-0.15, -0.1) is 0 Å². The molecule has 148 valence electrons. The van der Waals surface area contributed by atoms with Crippen molar-refractivity contribution >= 4 is 89.2 Å². The van der Waals surface area contributed by atoms with Crippen molar-refractivity contribution in [2.24, 2.45) is 5.10 Å². The monoisotopic (exact) mass is 738 g/mol. The van der Waals surface area contributed by atoms with Crippen LogP contribution in [0.25, 0.3) is 0 Å². The highest BCUT2D eigenvalue weighted by Crippen LogP contribution is 2.29. The first kappa shape index (κ1) is 22.7. The number of halogens is 4. The molecule has 0 aliphatic rings. The van der Waals surface area contributed by atoms with Gasteiger partial charge in [0.1, 0.15) is 12.4 Å². The van der Waals surface area contributed by atoms with E-state index in [2.05, 4.69) is 87.6 Å². The summed E-state index contributed by atoms with van der Waals surface area (Å²) in [5.41, 5.74) is 5.06. The number of nitrogens with one attached hydrogen (secondary N) is 1. The Balaban J connectivity index is 1.65. The first-order chi connectivity index (χ1) is 13.9. The van der Waals surface area contributed by atoms with E-state index in [9.17, 15) is 4.79 Å². The number of hydrogen-bond acceptors (Lipinski definition) is 3. The number of carbonyl (C=O) groups excluding carboxylic acids is 1. The molecule has 0 spiro atoms. The number of carbonyl (C=O) groups is 1. The fourth-order valence-corrected chi connectivity index (χ4v) is 5.26. The minimum absolute atomic E-state index is 0.271. The lowest BCUT2D eigenvalue weighted by Gasteiger charge is -2.11. The molecular formula is C21H14Br2I2N2O2. The normalized spacial score (nSPS) is 10.9. The summed E-state index contributed by atoms with van der Waals surface area (Å²) in [6.45, 7) is 0.495. The molecule has 1 amide bonds. The summed E-state index contributed by atoms with van der Waals surface area (Å²) in [5, 5.41) is 4.08. The molecule has 0 aromatic heterocycles. The van der Waals surface area contributed by atoms with Crippen LogP contribution in [0.4, 0.5) is 0 Å². The first-order valence-corrected chi connectivity index (χ1v) is 12.1. The van der Waals surface area contributed by atoms with Crippen LogP contribution in [0.5, 0.6) is 5.75 Å². The molecule has 0 fully saturated rings. The highest BCUT2D eigenvalue weighted by atomic mass is 127. The van der Waals surface area contributed by atoms with Crippen molar-refractivity contribution in [3.63, 3.8) is 0 Å². The van der Waals surface area contributed by atoms with Crippen LogP contribution in [0, 0.1) is 7.14 Å². The Bertz CT molecular complexity index is 1030. The molecule has 0 saturated heterocycles. The van der Waals surface area contributed by atoms with Crippen molar-refractivity contribution in [3.8, 4) is 5.75 Å². The number of rotatable bonds is 6. The minimum Gasteiger partial charge on any atom is -0.487 e. The van der Waals surface area contributed by atoms with Crippen molar-refractivity contribution in [2.75, 3.05) is 0 Å². The van der Waals surface area contributed by atoms with Crippen LogP contribution in [0.1, 0.15) is 21.5 Å². The molecule has 8 heteroatoms. The van der Waals surface area contributed by atoms with Gasteiger partial charge in [-0.05, 0) is 109 Å². The zero-order chi connectivity index (χ0) is 20.8. The number of ether oxygens (including phenoxy) is 1. The summed E-state index contributed by atoms with van der Waals surface area (Å²) >= 11 is 11.3. The number of benzene rings is 3. The Morgan fingerprint density at radius 2 is 1.69 bits per heavy atom. The number of nitrogens with zero attached hydrogens (tertiary/aromatic N) is 1. The average molecular weight is 740 g/mol. The van der Waals surface area contributed by atoms with Crippen molar-refractivity contribution in [3.05, 3.63) is 93.4 Å². The fraction of sp³-hybridized carbons (Fsp3) is 0.0476. The van der Waals surface area contributed by atoms with Gasteiger partial charge < -0.3 is 4.74 Å². The van der Waals surface area contributed by atoms with Gasteiger partial charge in [0.15, 0.2) is 0 Å². The van der Waals surface area contributed by atoms with Gasteiger partial charge in [0, 0.05) is 8.95 Å².